The number of pyridine rings is 1. The Morgan fingerprint density at radius 1 is 1.04 bits per heavy atom. The first kappa shape index (κ1) is 17.5. The minimum Gasteiger partial charge on any atom is -0.366 e. The van der Waals surface area contributed by atoms with E-state index in [1.54, 1.807) is 12.4 Å². The summed E-state index contributed by atoms with van der Waals surface area (Å²) in [6.45, 7) is 5.92. The molecule has 0 saturated carbocycles. The third kappa shape index (κ3) is 3.14. The Bertz CT molecular complexity index is 928. The first-order valence-electron chi connectivity index (χ1n) is 9.38. The quantitative estimate of drug-likeness (QED) is 0.786. The third-order valence-corrected chi connectivity index (χ3v) is 5.28. The fraction of sp³-hybridized carbons (Fsp3) is 0.318. The summed E-state index contributed by atoms with van der Waals surface area (Å²) < 4.78 is 0. The summed E-state index contributed by atoms with van der Waals surface area (Å²) >= 11 is 0. The van der Waals surface area contributed by atoms with Crippen LogP contribution in [0.1, 0.15) is 35.1 Å². The van der Waals surface area contributed by atoms with Gasteiger partial charge in [-0.15, -0.1) is 0 Å². The van der Waals surface area contributed by atoms with Crippen molar-refractivity contribution in [1.29, 1.82) is 0 Å². The van der Waals surface area contributed by atoms with Gasteiger partial charge in [-0.3, -0.25) is 19.5 Å². The molecule has 2 aliphatic heterocycles. The molecule has 1 saturated heterocycles. The Hall–Kier alpha value is -2.95. The highest BCUT2D eigenvalue weighted by Gasteiger charge is 2.42. The van der Waals surface area contributed by atoms with Gasteiger partial charge in [-0.25, -0.2) is 0 Å². The minimum atomic E-state index is -0.210. The second kappa shape index (κ2) is 6.99. The van der Waals surface area contributed by atoms with E-state index in [1.807, 2.05) is 38.1 Å². The highest BCUT2D eigenvalue weighted by molar-refractivity contribution is 6.35. The van der Waals surface area contributed by atoms with Crippen molar-refractivity contribution < 1.29 is 9.59 Å². The SMILES string of the molecule is Cc1ccc(C2=C(N3CCCC3)C(=O)N(Cc3cccnc3)C2=O)c(C)c1. The van der Waals surface area contributed by atoms with Gasteiger partial charge < -0.3 is 4.90 Å². The molecule has 0 atom stereocenters. The fourth-order valence-corrected chi connectivity index (χ4v) is 3.95. The molecule has 1 fully saturated rings. The highest BCUT2D eigenvalue weighted by Crippen LogP contribution is 2.35. The lowest BCUT2D eigenvalue weighted by molar-refractivity contribution is -0.138. The summed E-state index contributed by atoms with van der Waals surface area (Å²) in [5, 5.41) is 0. The lowest BCUT2D eigenvalue weighted by atomic mass is 9.97. The molecule has 3 heterocycles. The average Bonchev–Trinajstić information content (AvgIpc) is 3.25. The van der Waals surface area contributed by atoms with Crippen molar-refractivity contribution in [2.45, 2.75) is 33.2 Å². The van der Waals surface area contributed by atoms with E-state index >= 15 is 0 Å². The van der Waals surface area contributed by atoms with Crippen LogP contribution in [0.25, 0.3) is 5.57 Å². The number of nitrogens with zero attached hydrogens (tertiary/aromatic N) is 3. The molecule has 2 aliphatic rings. The number of hydrogen-bond acceptors (Lipinski definition) is 4. The maximum atomic E-state index is 13.3. The molecule has 1 aromatic carbocycles. The molecule has 27 heavy (non-hydrogen) atoms. The molecule has 4 rings (SSSR count). The van der Waals surface area contributed by atoms with Gasteiger partial charge in [0.25, 0.3) is 11.8 Å². The smallest absolute Gasteiger partial charge is 0.278 e. The lowest BCUT2D eigenvalue weighted by Gasteiger charge is -2.20. The van der Waals surface area contributed by atoms with Gasteiger partial charge in [-0.05, 0) is 49.4 Å². The van der Waals surface area contributed by atoms with E-state index in [-0.39, 0.29) is 18.4 Å². The summed E-state index contributed by atoms with van der Waals surface area (Å²) in [4.78, 5) is 34.1. The van der Waals surface area contributed by atoms with Crippen molar-refractivity contribution in [1.82, 2.24) is 14.8 Å². The first-order valence-corrected chi connectivity index (χ1v) is 9.38. The van der Waals surface area contributed by atoms with E-state index < -0.39 is 0 Å². The molecule has 1 aromatic heterocycles. The van der Waals surface area contributed by atoms with Gasteiger partial charge in [-0.2, -0.15) is 0 Å². The molecular weight excluding hydrogens is 338 g/mol. The zero-order valence-corrected chi connectivity index (χ0v) is 15.7. The second-order valence-corrected chi connectivity index (χ2v) is 7.29. The van der Waals surface area contributed by atoms with Gasteiger partial charge in [0.1, 0.15) is 5.70 Å². The number of aryl methyl sites for hydroxylation is 2. The summed E-state index contributed by atoms with van der Waals surface area (Å²) in [5.41, 5.74) is 4.97. The zero-order valence-electron chi connectivity index (χ0n) is 15.7. The Balaban J connectivity index is 1.78. The summed E-state index contributed by atoms with van der Waals surface area (Å²) in [7, 11) is 0. The van der Waals surface area contributed by atoms with E-state index in [2.05, 4.69) is 16.0 Å². The van der Waals surface area contributed by atoms with Crippen molar-refractivity contribution in [2.24, 2.45) is 0 Å². The maximum absolute atomic E-state index is 13.3. The van der Waals surface area contributed by atoms with Crippen molar-refractivity contribution in [3.05, 3.63) is 70.7 Å². The van der Waals surface area contributed by atoms with Crippen LogP contribution in [-0.4, -0.2) is 39.7 Å². The maximum Gasteiger partial charge on any atom is 0.278 e. The van der Waals surface area contributed by atoms with Gasteiger partial charge in [0.05, 0.1) is 12.1 Å². The molecule has 2 aromatic rings. The van der Waals surface area contributed by atoms with Gasteiger partial charge in [-0.1, -0.05) is 29.8 Å². The Morgan fingerprint density at radius 2 is 1.81 bits per heavy atom. The third-order valence-electron chi connectivity index (χ3n) is 5.28. The van der Waals surface area contributed by atoms with Crippen LogP contribution < -0.4 is 0 Å². The minimum absolute atomic E-state index is 0.194. The number of carbonyl (C=O) groups is 2. The lowest BCUT2D eigenvalue weighted by Crippen LogP contribution is -2.34. The topological polar surface area (TPSA) is 53.5 Å². The van der Waals surface area contributed by atoms with Gasteiger partial charge in [0.15, 0.2) is 0 Å². The second-order valence-electron chi connectivity index (χ2n) is 7.29. The normalized spacial score (nSPS) is 17.4. The van der Waals surface area contributed by atoms with Crippen LogP contribution in [0.4, 0.5) is 0 Å². The van der Waals surface area contributed by atoms with Gasteiger partial charge in [0, 0.05) is 25.5 Å². The predicted octanol–water partition coefficient (Wildman–Crippen LogP) is 3.07. The van der Waals surface area contributed by atoms with Gasteiger partial charge >= 0.3 is 0 Å². The van der Waals surface area contributed by atoms with Crippen LogP contribution in [-0.2, 0) is 16.1 Å². The van der Waals surface area contributed by atoms with E-state index in [4.69, 9.17) is 0 Å². The van der Waals surface area contributed by atoms with Gasteiger partial charge in [0.2, 0.25) is 0 Å². The number of amides is 2. The zero-order chi connectivity index (χ0) is 19.0. The number of carbonyl (C=O) groups excluding carboxylic acids is 2. The molecule has 5 nitrogen and oxygen atoms in total. The Morgan fingerprint density at radius 3 is 2.48 bits per heavy atom. The number of imide groups is 1. The van der Waals surface area contributed by atoms with Crippen molar-refractivity contribution in [2.75, 3.05) is 13.1 Å². The largest absolute Gasteiger partial charge is 0.366 e. The molecule has 0 spiro atoms. The molecule has 0 radical (unpaired) electrons. The number of benzene rings is 1. The molecule has 5 heteroatoms. The van der Waals surface area contributed by atoms with Crippen molar-refractivity contribution in [3.63, 3.8) is 0 Å². The summed E-state index contributed by atoms with van der Waals surface area (Å²) in [6.07, 6.45) is 5.48. The van der Waals surface area contributed by atoms with Crippen LogP contribution in [0.3, 0.4) is 0 Å². The number of hydrogen-bond donors (Lipinski definition) is 0. The monoisotopic (exact) mass is 361 g/mol. The van der Waals surface area contributed by atoms with E-state index in [0.29, 0.717) is 11.3 Å². The number of aromatic nitrogens is 1. The predicted molar refractivity (Wildman–Crippen MR) is 103 cm³/mol. The molecular formula is C22H23N3O2. The number of rotatable bonds is 4. The molecule has 2 amide bonds. The van der Waals surface area contributed by atoms with Crippen LogP contribution in [0, 0.1) is 13.8 Å². The standard InChI is InChI=1S/C22H23N3O2/c1-15-7-8-18(16(2)12-15)19-20(24-10-3-4-11-24)22(27)25(21(19)26)14-17-6-5-9-23-13-17/h5-9,12-13H,3-4,10-11,14H2,1-2H3. The molecule has 0 unspecified atom stereocenters. The molecule has 0 aliphatic carbocycles. The van der Waals surface area contributed by atoms with Crippen LogP contribution in [0.5, 0.6) is 0 Å². The van der Waals surface area contributed by atoms with Crippen molar-refractivity contribution >= 4 is 17.4 Å². The van der Waals surface area contributed by atoms with Crippen LogP contribution >= 0.6 is 0 Å². The fourth-order valence-electron chi connectivity index (χ4n) is 3.95. The molecule has 0 N–H and O–H groups in total. The summed E-state index contributed by atoms with van der Waals surface area (Å²) in [6, 6.07) is 9.73. The van der Waals surface area contributed by atoms with E-state index in [1.165, 1.54) is 4.90 Å². The van der Waals surface area contributed by atoms with Crippen LogP contribution in [0.15, 0.2) is 48.4 Å². The Labute approximate surface area is 159 Å². The molecule has 0 bridgehead atoms. The van der Waals surface area contributed by atoms with E-state index in [9.17, 15) is 9.59 Å². The van der Waals surface area contributed by atoms with E-state index in [0.717, 1.165) is 48.2 Å². The first-order chi connectivity index (χ1) is 13.1. The Kier molecular flexibility index (Phi) is 4.52. The highest BCUT2D eigenvalue weighted by atomic mass is 16.2. The van der Waals surface area contributed by atoms with Crippen molar-refractivity contribution in [3.8, 4) is 0 Å². The summed E-state index contributed by atoms with van der Waals surface area (Å²) in [5.74, 6) is -0.404. The van der Waals surface area contributed by atoms with Crippen LogP contribution in [0.2, 0.25) is 0 Å². The average molecular weight is 361 g/mol. The number of likely N-dealkylation sites (tertiary alicyclic amines) is 1. The molecule has 138 valence electrons.